The van der Waals surface area contributed by atoms with Crippen molar-refractivity contribution in [3.8, 4) is 0 Å². The second-order valence-corrected chi connectivity index (χ2v) is 5.90. The fraction of sp³-hybridized carbons (Fsp3) is 0.889. The lowest BCUT2D eigenvalue weighted by molar-refractivity contribution is -0.140. The lowest BCUT2D eigenvalue weighted by Crippen LogP contribution is -1.99. The van der Waals surface area contributed by atoms with Gasteiger partial charge in [0.25, 0.3) is 0 Å². The maximum atomic E-state index is 11.7. The maximum Gasteiger partial charge on any atom is 0.305 e. The number of unbranched alkanes of at least 4 members (excludes halogenated alkanes) is 9. The van der Waals surface area contributed by atoms with E-state index in [1.54, 1.807) is 0 Å². The molecule has 3 heteroatoms. The molecule has 124 valence electrons. The molecule has 0 rings (SSSR count). The molecular formula is C18H34O3. The van der Waals surface area contributed by atoms with Crippen molar-refractivity contribution in [3.05, 3.63) is 0 Å². The summed E-state index contributed by atoms with van der Waals surface area (Å²) in [5.41, 5.74) is 0. The van der Waals surface area contributed by atoms with Crippen molar-refractivity contribution in [3.63, 3.8) is 0 Å². The van der Waals surface area contributed by atoms with Gasteiger partial charge in [-0.25, -0.2) is 0 Å². The van der Waals surface area contributed by atoms with Crippen molar-refractivity contribution in [2.75, 3.05) is 7.11 Å². The molecule has 0 unspecified atom stereocenters. The van der Waals surface area contributed by atoms with Gasteiger partial charge in [0, 0.05) is 19.3 Å². The van der Waals surface area contributed by atoms with Gasteiger partial charge in [0.05, 0.1) is 7.11 Å². The minimum absolute atomic E-state index is 0.121. The zero-order valence-corrected chi connectivity index (χ0v) is 14.1. The van der Waals surface area contributed by atoms with Crippen LogP contribution in [0.1, 0.15) is 96.8 Å². The highest BCUT2D eigenvalue weighted by Gasteiger charge is 2.02. The van der Waals surface area contributed by atoms with Gasteiger partial charge in [-0.05, 0) is 19.3 Å². The summed E-state index contributed by atoms with van der Waals surface area (Å²) in [5, 5.41) is 0. The van der Waals surface area contributed by atoms with Gasteiger partial charge in [0.1, 0.15) is 5.78 Å². The van der Waals surface area contributed by atoms with Crippen LogP contribution < -0.4 is 0 Å². The van der Waals surface area contributed by atoms with E-state index in [4.69, 9.17) is 0 Å². The predicted molar refractivity (Wildman–Crippen MR) is 87.3 cm³/mol. The SMILES string of the molecule is CCCCCCCCC(=O)CCCCCCCC(=O)OC. The van der Waals surface area contributed by atoms with Crippen molar-refractivity contribution in [1.82, 2.24) is 0 Å². The average molecular weight is 298 g/mol. The maximum absolute atomic E-state index is 11.7. The summed E-state index contributed by atoms with van der Waals surface area (Å²) < 4.78 is 4.59. The van der Waals surface area contributed by atoms with Crippen LogP contribution in [0.5, 0.6) is 0 Å². The van der Waals surface area contributed by atoms with E-state index >= 15 is 0 Å². The molecule has 0 spiro atoms. The Hall–Kier alpha value is -0.860. The highest BCUT2D eigenvalue weighted by Crippen LogP contribution is 2.11. The van der Waals surface area contributed by atoms with Crippen LogP contribution in [0.25, 0.3) is 0 Å². The van der Waals surface area contributed by atoms with E-state index in [-0.39, 0.29) is 5.97 Å². The van der Waals surface area contributed by atoms with E-state index in [9.17, 15) is 9.59 Å². The number of Topliss-reactive ketones (excluding diaryl/α,β-unsaturated/α-hetero) is 1. The third-order valence-corrected chi connectivity index (χ3v) is 3.87. The molecule has 0 saturated carbocycles. The first-order valence-corrected chi connectivity index (χ1v) is 8.79. The Morgan fingerprint density at radius 3 is 1.57 bits per heavy atom. The highest BCUT2D eigenvalue weighted by atomic mass is 16.5. The van der Waals surface area contributed by atoms with Crippen LogP contribution in [-0.4, -0.2) is 18.9 Å². The molecule has 0 aromatic heterocycles. The van der Waals surface area contributed by atoms with E-state index in [0.717, 1.165) is 51.4 Å². The molecule has 0 heterocycles. The molecule has 0 aromatic carbocycles. The lowest BCUT2D eigenvalue weighted by Gasteiger charge is -2.03. The van der Waals surface area contributed by atoms with Crippen LogP contribution in [0.4, 0.5) is 0 Å². The molecule has 0 saturated heterocycles. The summed E-state index contributed by atoms with van der Waals surface area (Å²) in [6, 6.07) is 0. The van der Waals surface area contributed by atoms with Crippen LogP contribution in [0, 0.1) is 0 Å². The van der Waals surface area contributed by atoms with Gasteiger partial charge < -0.3 is 4.74 Å². The number of carbonyl (C=O) groups is 2. The van der Waals surface area contributed by atoms with Crippen LogP contribution >= 0.6 is 0 Å². The van der Waals surface area contributed by atoms with E-state index < -0.39 is 0 Å². The van der Waals surface area contributed by atoms with Crippen LogP contribution in [0.15, 0.2) is 0 Å². The van der Waals surface area contributed by atoms with Crippen LogP contribution in [-0.2, 0) is 14.3 Å². The van der Waals surface area contributed by atoms with E-state index in [0.29, 0.717) is 12.2 Å². The Bertz CT molecular complexity index is 261. The zero-order valence-electron chi connectivity index (χ0n) is 14.1. The van der Waals surface area contributed by atoms with Crippen molar-refractivity contribution < 1.29 is 14.3 Å². The van der Waals surface area contributed by atoms with Gasteiger partial charge in [-0.15, -0.1) is 0 Å². The van der Waals surface area contributed by atoms with E-state index in [1.165, 1.54) is 39.2 Å². The summed E-state index contributed by atoms with van der Waals surface area (Å²) in [7, 11) is 1.43. The van der Waals surface area contributed by atoms with Gasteiger partial charge in [-0.1, -0.05) is 58.3 Å². The summed E-state index contributed by atoms with van der Waals surface area (Å²) in [4.78, 5) is 22.6. The fourth-order valence-electron chi connectivity index (χ4n) is 2.45. The molecule has 0 bridgehead atoms. The highest BCUT2D eigenvalue weighted by molar-refractivity contribution is 5.78. The molecule has 0 aliphatic carbocycles. The smallest absolute Gasteiger partial charge is 0.305 e. The average Bonchev–Trinajstić information content (AvgIpc) is 2.49. The van der Waals surface area contributed by atoms with Crippen molar-refractivity contribution >= 4 is 11.8 Å². The Kier molecular flexibility index (Phi) is 14.9. The molecule has 0 aliphatic heterocycles. The summed E-state index contributed by atoms with van der Waals surface area (Å²) in [6.07, 6.45) is 14.7. The number of ketones is 1. The molecule has 0 aliphatic rings. The minimum atomic E-state index is -0.121. The Labute approximate surface area is 130 Å². The number of carbonyl (C=O) groups excluding carboxylic acids is 2. The van der Waals surface area contributed by atoms with E-state index in [1.807, 2.05) is 0 Å². The number of ether oxygens (including phenoxy) is 1. The topological polar surface area (TPSA) is 43.4 Å². The van der Waals surface area contributed by atoms with Gasteiger partial charge in [-0.2, -0.15) is 0 Å². The fourth-order valence-corrected chi connectivity index (χ4v) is 2.45. The third kappa shape index (κ3) is 15.3. The summed E-state index contributed by atoms with van der Waals surface area (Å²) in [5.74, 6) is 0.309. The molecule has 0 N–H and O–H groups in total. The van der Waals surface area contributed by atoms with Gasteiger partial charge >= 0.3 is 5.97 Å². The predicted octanol–water partition coefficient (Wildman–Crippen LogP) is 5.21. The number of methoxy groups -OCH3 is 1. The Morgan fingerprint density at radius 2 is 1.10 bits per heavy atom. The molecular weight excluding hydrogens is 264 g/mol. The van der Waals surface area contributed by atoms with Crippen molar-refractivity contribution in [2.45, 2.75) is 96.8 Å². The molecule has 0 amide bonds. The van der Waals surface area contributed by atoms with Gasteiger partial charge in [0.15, 0.2) is 0 Å². The first-order chi connectivity index (χ1) is 10.2. The molecule has 0 atom stereocenters. The molecule has 21 heavy (non-hydrogen) atoms. The third-order valence-electron chi connectivity index (χ3n) is 3.87. The van der Waals surface area contributed by atoms with Crippen molar-refractivity contribution in [2.24, 2.45) is 0 Å². The van der Waals surface area contributed by atoms with Crippen molar-refractivity contribution in [1.29, 1.82) is 0 Å². The van der Waals surface area contributed by atoms with Crippen LogP contribution in [0.2, 0.25) is 0 Å². The number of rotatable bonds is 15. The standard InChI is InChI=1S/C18H34O3/c1-3-4-5-6-8-11-14-17(19)15-12-9-7-10-13-16-18(20)21-2/h3-16H2,1-2H3. The van der Waals surface area contributed by atoms with Gasteiger partial charge in [-0.3, -0.25) is 9.59 Å². The van der Waals surface area contributed by atoms with Gasteiger partial charge in [0.2, 0.25) is 0 Å². The minimum Gasteiger partial charge on any atom is -0.469 e. The molecule has 0 aromatic rings. The largest absolute Gasteiger partial charge is 0.469 e. The first kappa shape index (κ1) is 20.1. The first-order valence-electron chi connectivity index (χ1n) is 8.79. The molecule has 0 radical (unpaired) electrons. The number of esters is 1. The summed E-state index contributed by atoms with van der Waals surface area (Å²) in [6.45, 7) is 2.22. The van der Waals surface area contributed by atoms with Crippen LogP contribution in [0.3, 0.4) is 0 Å². The molecule has 0 fully saturated rings. The van der Waals surface area contributed by atoms with E-state index in [2.05, 4.69) is 11.7 Å². The number of hydrogen-bond acceptors (Lipinski definition) is 3. The quantitative estimate of drug-likeness (QED) is 0.308. The Morgan fingerprint density at radius 1 is 0.667 bits per heavy atom. The Balaban J connectivity index is 3.21. The lowest BCUT2D eigenvalue weighted by atomic mass is 10.0. The number of hydrogen-bond donors (Lipinski definition) is 0. The monoisotopic (exact) mass is 298 g/mol. The summed E-state index contributed by atoms with van der Waals surface area (Å²) >= 11 is 0. The second kappa shape index (κ2) is 15.5. The molecule has 3 nitrogen and oxygen atoms in total. The second-order valence-electron chi connectivity index (χ2n) is 5.90. The normalized spacial score (nSPS) is 10.6. The zero-order chi connectivity index (χ0) is 15.8.